The van der Waals surface area contributed by atoms with E-state index in [1.165, 1.54) is 24.2 Å². The van der Waals surface area contributed by atoms with Gasteiger partial charge in [-0.25, -0.2) is 0 Å². The van der Waals surface area contributed by atoms with Gasteiger partial charge in [0.2, 0.25) is 6.79 Å². The van der Waals surface area contributed by atoms with Crippen molar-refractivity contribution in [3.05, 3.63) is 27.1 Å². The fourth-order valence-corrected chi connectivity index (χ4v) is 4.75. The maximum Gasteiger partial charge on any atom is 0.293 e. The second-order valence-electron chi connectivity index (χ2n) is 6.52. The van der Waals surface area contributed by atoms with Crippen molar-refractivity contribution in [3.8, 4) is 11.5 Å². The standard InChI is InChI=1S/C18H18BrNO4S/c19-13-8-15-14(23-10-24-15)6-12(13)7-16-17(21)20(18(22)25-16)9-11-4-2-1-3-5-11/h6-8,11H,1-5,9-10H2/b16-7-. The number of fused-ring (bicyclic) bond motifs is 1. The monoisotopic (exact) mass is 423 g/mol. The number of carbonyl (C=O) groups is 2. The molecule has 0 spiro atoms. The highest BCUT2D eigenvalue weighted by atomic mass is 79.9. The van der Waals surface area contributed by atoms with Crippen LogP contribution >= 0.6 is 27.7 Å². The zero-order valence-electron chi connectivity index (χ0n) is 13.6. The van der Waals surface area contributed by atoms with Crippen LogP contribution in [-0.2, 0) is 4.79 Å². The van der Waals surface area contributed by atoms with Crippen molar-refractivity contribution in [1.29, 1.82) is 0 Å². The van der Waals surface area contributed by atoms with Crippen LogP contribution in [0.4, 0.5) is 4.79 Å². The lowest BCUT2D eigenvalue weighted by Gasteiger charge is -2.25. The summed E-state index contributed by atoms with van der Waals surface area (Å²) >= 11 is 4.50. The number of amides is 2. The smallest absolute Gasteiger partial charge is 0.293 e. The number of nitrogens with zero attached hydrogens (tertiary/aromatic N) is 1. The van der Waals surface area contributed by atoms with Crippen LogP contribution in [0.3, 0.4) is 0 Å². The van der Waals surface area contributed by atoms with Crippen molar-refractivity contribution in [2.75, 3.05) is 13.3 Å². The van der Waals surface area contributed by atoms with Crippen molar-refractivity contribution < 1.29 is 19.1 Å². The second-order valence-corrected chi connectivity index (χ2v) is 8.37. The Kier molecular flexibility index (Phi) is 4.78. The predicted molar refractivity (Wildman–Crippen MR) is 99.5 cm³/mol. The third-order valence-electron chi connectivity index (χ3n) is 4.82. The van der Waals surface area contributed by atoms with Gasteiger partial charge < -0.3 is 9.47 Å². The van der Waals surface area contributed by atoms with E-state index in [0.29, 0.717) is 28.9 Å². The molecule has 5 nitrogen and oxygen atoms in total. The molecular weight excluding hydrogens is 406 g/mol. The minimum absolute atomic E-state index is 0.168. The van der Waals surface area contributed by atoms with Crippen LogP contribution in [-0.4, -0.2) is 29.4 Å². The lowest BCUT2D eigenvalue weighted by atomic mass is 9.89. The second kappa shape index (κ2) is 7.03. The Labute approximate surface area is 158 Å². The average Bonchev–Trinajstić information content (AvgIpc) is 3.16. The summed E-state index contributed by atoms with van der Waals surface area (Å²) in [5, 5.41) is -0.168. The van der Waals surface area contributed by atoms with Crippen LogP contribution in [0, 0.1) is 5.92 Å². The van der Waals surface area contributed by atoms with E-state index in [1.54, 1.807) is 6.08 Å². The van der Waals surface area contributed by atoms with E-state index in [4.69, 9.17) is 9.47 Å². The summed E-state index contributed by atoms with van der Waals surface area (Å²) in [5.41, 5.74) is 0.799. The Morgan fingerprint density at radius 2 is 1.88 bits per heavy atom. The molecule has 0 atom stereocenters. The van der Waals surface area contributed by atoms with Crippen molar-refractivity contribution in [1.82, 2.24) is 4.90 Å². The molecule has 1 aliphatic carbocycles. The van der Waals surface area contributed by atoms with Crippen LogP contribution in [0.15, 0.2) is 21.5 Å². The van der Waals surface area contributed by atoms with Crippen LogP contribution < -0.4 is 9.47 Å². The molecular formula is C18H18BrNO4S. The highest BCUT2D eigenvalue weighted by Gasteiger charge is 2.36. The molecule has 132 valence electrons. The van der Waals surface area contributed by atoms with Gasteiger partial charge in [0.25, 0.3) is 11.1 Å². The first-order valence-corrected chi connectivity index (χ1v) is 10.1. The highest BCUT2D eigenvalue weighted by molar-refractivity contribution is 9.10. The Morgan fingerprint density at radius 1 is 1.16 bits per heavy atom. The largest absolute Gasteiger partial charge is 0.454 e. The zero-order chi connectivity index (χ0) is 17.4. The van der Waals surface area contributed by atoms with Gasteiger partial charge >= 0.3 is 0 Å². The van der Waals surface area contributed by atoms with Gasteiger partial charge in [0.1, 0.15) is 0 Å². The predicted octanol–water partition coefficient (Wildman–Crippen LogP) is 4.79. The summed E-state index contributed by atoms with van der Waals surface area (Å²) in [6, 6.07) is 3.64. The van der Waals surface area contributed by atoms with Gasteiger partial charge in [-0.05, 0) is 54.3 Å². The Bertz CT molecular complexity index is 758. The lowest BCUT2D eigenvalue weighted by Crippen LogP contribution is -2.34. The van der Waals surface area contributed by atoms with E-state index < -0.39 is 0 Å². The third kappa shape index (κ3) is 3.44. The molecule has 2 heterocycles. The van der Waals surface area contributed by atoms with E-state index in [2.05, 4.69) is 15.9 Å². The van der Waals surface area contributed by atoms with Crippen LogP contribution in [0.25, 0.3) is 6.08 Å². The van der Waals surface area contributed by atoms with Crippen molar-refractivity contribution in [3.63, 3.8) is 0 Å². The molecule has 0 radical (unpaired) electrons. The molecule has 0 aromatic heterocycles. The number of ether oxygens (including phenoxy) is 2. The quantitative estimate of drug-likeness (QED) is 0.653. The number of carbonyl (C=O) groups excluding carboxylic acids is 2. The normalized spacial score (nSPS) is 22.3. The number of imide groups is 1. The summed E-state index contributed by atoms with van der Waals surface area (Å²) < 4.78 is 11.5. The Hall–Kier alpha value is -1.47. The number of hydrogen-bond acceptors (Lipinski definition) is 5. The van der Waals surface area contributed by atoms with E-state index in [-0.39, 0.29) is 17.9 Å². The van der Waals surface area contributed by atoms with Gasteiger partial charge in [0, 0.05) is 11.0 Å². The first-order chi connectivity index (χ1) is 12.1. The number of hydrogen-bond donors (Lipinski definition) is 0. The Balaban J connectivity index is 1.54. The highest BCUT2D eigenvalue weighted by Crippen LogP contribution is 2.40. The van der Waals surface area contributed by atoms with E-state index in [9.17, 15) is 9.59 Å². The molecule has 4 rings (SSSR count). The zero-order valence-corrected chi connectivity index (χ0v) is 16.0. The van der Waals surface area contributed by atoms with E-state index in [1.807, 2.05) is 12.1 Å². The van der Waals surface area contributed by atoms with Crippen LogP contribution in [0.5, 0.6) is 11.5 Å². The molecule has 0 N–H and O–H groups in total. The summed E-state index contributed by atoms with van der Waals surface area (Å²) in [4.78, 5) is 26.9. The molecule has 0 bridgehead atoms. The summed E-state index contributed by atoms with van der Waals surface area (Å²) in [7, 11) is 0. The molecule has 25 heavy (non-hydrogen) atoms. The van der Waals surface area contributed by atoms with Gasteiger partial charge in [-0.1, -0.05) is 35.2 Å². The minimum Gasteiger partial charge on any atom is -0.454 e. The van der Waals surface area contributed by atoms with E-state index >= 15 is 0 Å². The number of halogens is 1. The molecule has 2 aliphatic heterocycles. The SMILES string of the molecule is O=C1S/C(=C\c2cc3c(cc2Br)OCO3)C(=O)N1CC1CCCCC1. The molecule has 2 fully saturated rings. The van der Waals surface area contributed by atoms with Gasteiger partial charge in [-0.3, -0.25) is 14.5 Å². The first kappa shape index (κ1) is 17.0. The topological polar surface area (TPSA) is 55.8 Å². The van der Waals surface area contributed by atoms with Crippen LogP contribution in [0.1, 0.15) is 37.7 Å². The first-order valence-electron chi connectivity index (χ1n) is 8.46. The van der Waals surface area contributed by atoms with Crippen LogP contribution in [0.2, 0.25) is 0 Å². The Morgan fingerprint density at radius 3 is 2.64 bits per heavy atom. The van der Waals surface area contributed by atoms with Crippen molar-refractivity contribution in [2.24, 2.45) is 5.92 Å². The maximum absolute atomic E-state index is 12.7. The summed E-state index contributed by atoms with van der Waals surface area (Å²) in [6.07, 6.45) is 7.61. The molecule has 0 unspecified atom stereocenters. The molecule has 1 saturated heterocycles. The van der Waals surface area contributed by atoms with Gasteiger partial charge in [0.05, 0.1) is 4.91 Å². The van der Waals surface area contributed by atoms with E-state index in [0.717, 1.165) is 34.6 Å². The third-order valence-corrected chi connectivity index (χ3v) is 6.41. The lowest BCUT2D eigenvalue weighted by molar-refractivity contribution is -0.123. The van der Waals surface area contributed by atoms with Crippen molar-refractivity contribution >= 4 is 44.9 Å². The molecule has 2 amide bonds. The number of benzene rings is 1. The fraction of sp³-hybridized carbons (Fsp3) is 0.444. The van der Waals surface area contributed by atoms with Crippen molar-refractivity contribution in [2.45, 2.75) is 32.1 Å². The molecule has 7 heteroatoms. The van der Waals surface area contributed by atoms with Gasteiger partial charge in [0.15, 0.2) is 11.5 Å². The molecule has 1 saturated carbocycles. The fourth-order valence-electron chi connectivity index (χ4n) is 3.47. The molecule has 1 aromatic carbocycles. The minimum atomic E-state index is -0.190. The molecule has 3 aliphatic rings. The summed E-state index contributed by atoms with van der Waals surface area (Å²) in [6.45, 7) is 0.743. The number of thioether (sulfide) groups is 1. The summed E-state index contributed by atoms with van der Waals surface area (Å²) in [5.74, 6) is 1.58. The number of rotatable bonds is 3. The van der Waals surface area contributed by atoms with Gasteiger partial charge in [-0.15, -0.1) is 0 Å². The van der Waals surface area contributed by atoms with Gasteiger partial charge in [-0.2, -0.15) is 0 Å². The molecule has 1 aromatic rings. The average molecular weight is 424 g/mol. The maximum atomic E-state index is 12.7.